The topological polar surface area (TPSA) is 117 Å². The number of carboxylic acids is 2. The van der Waals surface area contributed by atoms with E-state index in [9.17, 15) is 14.4 Å². The third-order valence-corrected chi connectivity index (χ3v) is 5.97. The van der Waals surface area contributed by atoms with Crippen molar-refractivity contribution in [2.24, 2.45) is 0 Å². The number of nitrogens with zero attached hydrogens (tertiary/aromatic N) is 2. The standard InChI is InChI=1S/C23H28N2O3.C4H4O4/c26-23-25(18-21(28-23)17-19-7-3-1-4-8-19)12-11-22(20-9-5-2-6-10-20)24-13-15-27-16-14-24;5-3(6)1-2-4(7)8/h1-10,21-22H,11-18H2;1-2H,(H,5,6)(H,7,8). The van der Waals surface area contributed by atoms with E-state index in [1.807, 2.05) is 29.2 Å². The van der Waals surface area contributed by atoms with E-state index in [0.717, 1.165) is 39.1 Å². The SMILES string of the molecule is O=C(O)C=CC(=O)O.O=C1OC(Cc2ccccc2)CN1CCC(c1ccccc1)N1CCOCC1. The Balaban J connectivity index is 0.000000392. The van der Waals surface area contributed by atoms with E-state index in [-0.39, 0.29) is 12.2 Å². The largest absolute Gasteiger partial charge is 0.478 e. The first-order chi connectivity index (χ1) is 17.4. The molecule has 2 aromatic carbocycles. The summed E-state index contributed by atoms with van der Waals surface area (Å²) in [4.78, 5) is 35.8. The molecule has 2 atom stereocenters. The molecule has 9 nitrogen and oxygen atoms in total. The van der Waals surface area contributed by atoms with Crippen LogP contribution in [0, 0.1) is 0 Å². The number of ether oxygens (including phenoxy) is 2. The summed E-state index contributed by atoms with van der Waals surface area (Å²) in [5.41, 5.74) is 2.51. The van der Waals surface area contributed by atoms with Crippen LogP contribution in [0.5, 0.6) is 0 Å². The molecule has 1 amide bonds. The molecule has 0 radical (unpaired) electrons. The van der Waals surface area contributed by atoms with Gasteiger partial charge in [-0.05, 0) is 17.5 Å². The van der Waals surface area contributed by atoms with Gasteiger partial charge in [-0.25, -0.2) is 14.4 Å². The second-order valence-corrected chi connectivity index (χ2v) is 8.51. The van der Waals surface area contributed by atoms with Gasteiger partial charge < -0.3 is 24.6 Å². The molecule has 2 heterocycles. The number of morpholine rings is 1. The van der Waals surface area contributed by atoms with Gasteiger partial charge in [0.15, 0.2) is 0 Å². The Morgan fingerprint density at radius 1 is 0.944 bits per heavy atom. The number of hydrogen-bond acceptors (Lipinski definition) is 6. The van der Waals surface area contributed by atoms with Gasteiger partial charge in [0.05, 0.1) is 19.8 Å². The summed E-state index contributed by atoms with van der Waals surface area (Å²) in [6, 6.07) is 21.1. The third-order valence-electron chi connectivity index (χ3n) is 5.97. The van der Waals surface area contributed by atoms with E-state index in [0.29, 0.717) is 31.3 Å². The highest BCUT2D eigenvalue weighted by atomic mass is 16.6. The Morgan fingerprint density at radius 2 is 1.53 bits per heavy atom. The van der Waals surface area contributed by atoms with E-state index in [2.05, 4.69) is 41.3 Å². The maximum atomic E-state index is 12.4. The number of aliphatic carboxylic acids is 2. The lowest BCUT2D eigenvalue weighted by Crippen LogP contribution is -2.40. The number of cyclic esters (lactones) is 1. The Labute approximate surface area is 210 Å². The lowest BCUT2D eigenvalue weighted by Gasteiger charge is -2.35. The molecule has 192 valence electrons. The molecule has 4 rings (SSSR count). The van der Waals surface area contributed by atoms with Gasteiger partial charge in [0.1, 0.15) is 6.10 Å². The molecule has 36 heavy (non-hydrogen) atoms. The number of carbonyl (C=O) groups is 3. The number of amides is 1. The predicted octanol–water partition coefficient (Wildman–Crippen LogP) is 3.23. The Bertz CT molecular complexity index is 991. The molecule has 2 aliphatic rings. The van der Waals surface area contributed by atoms with E-state index in [1.165, 1.54) is 11.1 Å². The summed E-state index contributed by atoms with van der Waals surface area (Å²) in [6.07, 6.45) is 2.54. The molecule has 0 saturated carbocycles. The van der Waals surface area contributed by atoms with Gasteiger partial charge in [0.2, 0.25) is 0 Å². The van der Waals surface area contributed by atoms with Gasteiger partial charge >= 0.3 is 18.0 Å². The molecule has 0 bridgehead atoms. The average Bonchev–Trinajstić information content (AvgIpc) is 3.23. The van der Waals surface area contributed by atoms with Crippen LogP contribution in [-0.4, -0.2) is 83.5 Å². The lowest BCUT2D eigenvalue weighted by atomic mass is 10.0. The van der Waals surface area contributed by atoms with Crippen molar-refractivity contribution in [3.63, 3.8) is 0 Å². The van der Waals surface area contributed by atoms with Gasteiger partial charge in [0, 0.05) is 44.2 Å². The Morgan fingerprint density at radius 3 is 2.11 bits per heavy atom. The summed E-state index contributed by atoms with van der Waals surface area (Å²) in [6.45, 7) is 4.78. The number of rotatable bonds is 9. The third kappa shape index (κ3) is 8.83. The van der Waals surface area contributed by atoms with Crippen LogP contribution in [0.2, 0.25) is 0 Å². The summed E-state index contributed by atoms with van der Waals surface area (Å²) < 4.78 is 11.1. The second kappa shape index (κ2) is 14.0. The summed E-state index contributed by atoms with van der Waals surface area (Å²) >= 11 is 0. The van der Waals surface area contributed by atoms with Crippen molar-refractivity contribution < 1.29 is 34.1 Å². The van der Waals surface area contributed by atoms with Gasteiger partial charge in [-0.1, -0.05) is 60.7 Å². The molecular weight excluding hydrogens is 464 g/mol. The molecule has 0 spiro atoms. The second-order valence-electron chi connectivity index (χ2n) is 8.51. The number of benzene rings is 2. The van der Waals surface area contributed by atoms with Crippen molar-refractivity contribution in [1.29, 1.82) is 0 Å². The molecule has 2 aromatic rings. The van der Waals surface area contributed by atoms with Crippen LogP contribution >= 0.6 is 0 Å². The average molecular weight is 497 g/mol. The van der Waals surface area contributed by atoms with Crippen molar-refractivity contribution in [1.82, 2.24) is 9.80 Å². The van der Waals surface area contributed by atoms with E-state index >= 15 is 0 Å². The molecule has 2 N–H and O–H groups in total. The number of carbonyl (C=O) groups excluding carboxylic acids is 1. The first-order valence-corrected chi connectivity index (χ1v) is 11.9. The number of hydrogen-bond donors (Lipinski definition) is 2. The molecule has 2 aliphatic heterocycles. The van der Waals surface area contributed by atoms with E-state index in [4.69, 9.17) is 19.7 Å². The van der Waals surface area contributed by atoms with Crippen LogP contribution in [-0.2, 0) is 25.5 Å². The van der Waals surface area contributed by atoms with Crippen molar-refractivity contribution >= 4 is 18.0 Å². The van der Waals surface area contributed by atoms with Gasteiger partial charge in [-0.15, -0.1) is 0 Å². The molecule has 0 aromatic heterocycles. The highest BCUT2D eigenvalue weighted by Crippen LogP contribution is 2.27. The highest BCUT2D eigenvalue weighted by Gasteiger charge is 2.32. The molecule has 9 heteroatoms. The van der Waals surface area contributed by atoms with E-state index < -0.39 is 11.9 Å². The maximum Gasteiger partial charge on any atom is 0.410 e. The Kier molecular flexibility index (Phi) is 10.5. The van der Waals surface area contributed by atoms with Crippen LogP contribution in [0.25, 0.3) is 0 Å². The minimum atomic E-state index is -1.26. The van der Waals surface area contributed by atoms with Crippen molar-refractivity contribution in [3.8, 4) is 0 Å². The molecule has 2 fully saturated rings. The fraction of sp³-hybridized carbons (Fsp3) is 0.370. The zero-order valence-corrected chi connectivity index (χ0v) is 20.1. The molecule has 2 saturated heterocycles. The molecule has 0 aliphatic carbocycles. The fourth-order valence-corrected chi connectivity index (χ4v) is 4.29. The molecular formula is C27H32N2O7. The first kappa shape index (κ1) is 26.9. The van der Waals surface area contributed by atoms with Crippen LogP contribution in [0.3, 0.4) is 0 Å². The quantitative estimate of drug-likeness (QED) is 0.509. The van der Waals surface area contributed by atoms with Gasteiger partial charge in [-0.3, -0.25) is 4.90 Å². The van der Waals surface area contributed by atoms with Crippen molar-refractivity contribution in [3.05, 3.63) is 83.9 Å². The minimum Gasteiger partial charge on any atom is -0.478 e. The summed E-state index contributed by atoms with van der Waals surface area (Å²) in [5.74, 6) is -2.51. The molecule has 2 unspecified atom stereocenters. The monoisotopic (exact) mass is 496 g/mol. The fourth-order valence-electron chi connectivity index (χ4n) is 4.29. The van der Waals surface area contributed by atoms with Gasteiger partial charge in [0.25, 0.3) is 0 Å². The summed E-state index contributed by atoms with van der Waals surface area (Å²) in [5, 5.41) is 15.6. The van der Waals surface area contributed by atoms with Crippen molar-refractivity contribution in [2.75, 3.05) is 39.4 Å². The first-order valence-electron chi connectivity index (χ1n) is 11.9. The zero-order chi connectivity index (χ0) is 25.8. The van der Waals surface area contributed by atoms with Crippen molar-refractivity contribution in [2.45, 2.75) is 25.0 Å². The summed E-state index contributed by atoms with van der Waals surface area (Å²) in [7, 11) is 0. The van der Waals surface area contributed by atoms with Gasteiger partial charge in [-0.2, -0.15) is 0 Å². The highest BCUT2D eigenvalue weighted by molar-refractivity contribution is 5.89. The lowest BCUT2D eigenvalue weighted by molar-refractivity contribution is -0.134. The smallest absolute Gasteiger partial charge is 0.410 e. The van der Waals surface area contributed by atoms with E-state index in [1.54, 1.807) is 0 Å². The zero-order valence-electron chi connectivity index (χ0n) is 20.1. The van der Waals surface area contributed by atoms with Crippen LogP contribution in [0.4, 0.5) is 4.79 Å². The normalized spacial score (nSPS) is 18.8. The van der Waals surface area contributed by atoms with Crippen LogP contribution < -0.4 is 0 Å². The number of carboxylic acid groups (broad SMARTS) is 2. The van der Waals surface area contributed by atoms with Crippen LogP contribution in [0.1, 0.15) is 23.6 Å². The Hall–Kier alpha value is -3.69. The van der Waals surface area contributed by atoms with Crippen LogP contribution in [0.15, 0.2) is 72.8 Å². The predicted molar refractivity (Wildman–Crippen MR) is 133 cm³/mol. The maximum absolute atomic E-state index is 12.4. The minimum absolute atomic E-state index is 0.0616.